The smallest absolute Gasteiger partial charge is 0.306 e. The van der Waals surface area contributed by atoms with Crippen LogP contribution >= 0.6 is 0 Å². The van der Waals surface area contributed by atoms with E-state index in [0.717, 1.165) is 24.4 Å². The van der Waals surface area contributed by atoms with E-state index in [9.17, 15) is 23.1 Å². The second kappa shape index (κ2) is 12.0. The molecule has 9 heteroatoms. The van der Waals surface area contributed by atoms with Crippen molar-refractivity contribution in [2.24, 2.45) is 0 Å². The molecule has 2 N–H and O–H groups in total. The molecule has 1 fully saturated rings. The fourth-order valence-electron chi connectivity index (χ4n) is 4.37. The van der Waals surface area contributed by atoms with Crippen molar-refractivity contribution in [3.63, 3.8) is 0 Å². The van der Waals surface area contributed by atoms with Crippen LogP contribution in [-0.2, 0) is 9.53 Å². The number of hydrogen-bond donors (Lipinski definition) is 2. The van der Waals surface area contributed by atoms with E-state index < -0.39 is 35.6 Å². The van der Waals surface area contributed by atoms with Crippen molar-refractivity contribution in [2.45, 2.75) is 37.5 Å². The molecule has 0 amide bonds. The fraction of sp³-hybridized carbons (Fsp3) is 0.286. The van der Waals surface area contributed by atoms with E-state index in [0.29, 0.717) is 41.6 Å². The van der Waals surface area contributed by atoms with Gasteiger partial charge in [-0.15, -0.1) is 0 Å². The minimum Gasteiger partial charge on any atom is -0.497 e. The highest BCUT2D eigenvalue weighted by Crippen LogP contribution is 2.28. The molecule has 3 aromatic rings. The van der Waals surface area contributed by atoms with Crippen molar-refractivity contribution < 1.29 is 32.5 Å². The molecule has 1 saturated heterocycles. The van der Waals surface area contributed by atoms with Crippen LogP contribution in [0.3, 0.4) is 0 Å². The molecule has 1 aliphatic rings. The second-order valence-corrected chi connectivity index (χ2v) is 8.73. The maximum absolute atomic E-state index is 14.6. The zero-order valence-corrected chi connectivity index (χ0v) is 20.2. The fourth-order valence-corrected chi connectivity index (χ4v) is 4.37. The molecule has 0 spiro atoms. The monoisotopic (exact) mass is 512 g/mol. The van der Waals surface area contributed by atoms with Crippen LogP contribution in [0.15, 0.2) is 54.7 Å². The van der Waals surface area contributed by atoms with Gasteiger partial charge in [0.05, 0.1) is 37.5 Å². The van der Waals surface area contributed by atoms with Gasteiger partial charge in [-0.2, -0.15) is 0 Å². The van der Waals surface area contributed by atoms with Gasteiger partial charge >= 0.3 is 5.97 Å². The average molecular weight is 513 g/mol. The van der Waals surface area contributed by atoms with Crippen molar-refractivity contribution in [2.75, 3.05) is 13.7 Å². The van der Waals surface area contributed by atoms with Gasteiger partial charge in [-0.25, -0.2) is 13.2 Å². The Morgan fingerprint density at radius 3 is 2.78 bits per heavy atom. The van der Waals surface area contributed by atoms with Gasteiger partial charge in [0.2, 0.25) is 0 Å². The van der Waals surface area contributed by atoms with E-state index in [1.807, 2.05) is 0 Å². The average Bonchev–Trinajstić information content (AvgIpc) is 2.88. The van der Waals surface area contributed by atoms with Crippen LogP contribution in [-0.4, -0.2) is 48.0 Å². The van der Waals surface area contributed by atoms with E-state index in [1.54, 1.807) is 36.4 Å². The van der Waals surface area contributed by atoms with Gasteiger partial charge in [-0.1, -0.05) is 24.3 Å². The first kappa shape index (κ1) is 26.4. The highest BCUT2D eigenvalue weighted by Gasteiger charge is 2.31. The molecule has 3 atom stereocenters. The Morgan fingerprint density at radius 1 is 1.16 bits per heavy atom. The number of benzene rings is 2. The van der Waals surface area contributed by atoms with Gasteiger partial charge in [0, 0.05) is 29.1 Å². The molecule has 2 aromatic carbocycles. The molecule has 6 nitrogen and oxygen atoms in total. The Hall–Kier alpha value is -3.69. The number of nitrogens with zero attached hydrogens (tertiary/aromatic N) is 1. The van der Waals surface area contributed by atoms with Crippen molar-refractivity contribution in [3.05, 3.63) is 83.3 Å². The van der Waals surface area contributed by atoms with Gasteiger partial charge in [0.25, 0.3) is 0 Å². The summed E-state index contributed by atoms with van der Waals surface area (Å²) in [5.74, 6) is -1.98. The number of carboxylic acid groups (broad SMARTS) is 1. The van der Waals surface area contributed by atoms with Gasteiger partial charge in [-0.05, 0) is 49.2 Å². The molecule has 194 valence electrons. The van der Waals surface area contributed by atoms with Crippen molar-refractivity contribution in [1.82, 2.24) is 10.3 Å². The number of methoxy groups -OCH3 is 1. The van der Waals surface area contributed by atoms with Gasteiger partial charge in [0.15, 0.2) is 0 Å². The molecule has 1 aliphatic heterocycles. The van der Waals surface area contributed by atoms with Crippen LogP contribution in [0.5, 0.6) is 5.75 Å². The Morgan fingerprint density at radius 2 is 2.00 bits per heavy atom. The number of aromatic nitrogens is 1. The number of pyridine rings is 1. The van der Waals surface area contributed by atoms with E-state index in [1.165, 1.54) is 13.2 Å². The quantitative estimate of drug-likeness (QED) is 0.402. The van der Waals surface area contributed by atoms with Gasteiger partial charge in [0.1, 0.15) is 23.2 Å². The first-order valence-electron chi connectivity index (χ1n) is 11.9. The lowest BCUT2D eigenvalue weighted by atomic mass is 9.95. The summed E-state index contributed by atoms with van der Waals surface area (Å²) in [7, 11) is 1.53. The molecule has 0 aliphatic carbocycles. The predicted octanol–water partition coefficient (Wildman–Crippen LogP) is 5.37. The minimum atomic E-state index is -1.00. The number of aliphatic carboxylic acids is 1. The summed E-state index contributed by atoms with van der Waals surface area (Å²) >= 11 is 0. The molecule has 0 unspecified atom stereocenters. The van der Waals surface area contributed by atoms with Crippen LogP contribution in [0.1, 0.15) is 30.4 Å². The summed E-state index contributed by atoms with van der Waals surface area (Å²) < 4.78 is 53.0. The van der Waals surface area contributed by atoms with E-state index >= 15 is 0 Å². The lowest BCUT2D eigenvalue weighted by molar-refractivity contribution is -0.143. The SMILES string of the molecule is COc1ccc2ncc(F)c(C=C[C@@H]3CC[C@@H](NCC=Cc4cc(F)ccc4F)[C@@H](CC(=O)O)O3)c2c1. The summed E-state index contributed by atoms with van der Waals surface area (Å²) in [6.07, 6.45) is 7.58. The maximum atomic E-state index is 14.6. The molecule has 2 heterocycles. The first-order chi connectivity index (χ1) is 17.8. The number of ether oxygens (including phenoxy) is 2. The lowest BCUT2D eigenvalue weighted by Gasteiger charge is -2.35. The summed E-state index contributed by atoms with van der Waals surface area (Å²) in [4.78, 5) is 15.6. The number of carboxylic acids is 1. The predicted molar refractivity (Wildman–Crippen MR) is 135 cm³/mol. The minimum absolute atomic E-state index is 0.127. The molecular weight excluding hydrogens is 485 g/mol. The topological polar surface area (TPSA) is 80.7 Å². The van der Waals surface area contributed by atoms with Crippen molar-refractivity contribution in [1.29, 1.82) is 0 Å². The third kappa shape index (κ3) is 6.75. The zero-order valence-electron chi connectivity index (χ0n) is 20.2. The molecular formula is C28H27F3N2O4. The molecule has 0 radical (unpaired) electrons. The van der Waals surface area contributed by atoms with E-state index in [-0.39, 0.29) is 18.0 Å². The van der Waals surface area contributed by atoms with Crippen LogP contribution < -0.4 is 10.1 Å². The Labute approximate surface area is 212 Å². The van der Waals surface area contributed by atoms with Crippen molar-refractivity contribution in [3.8, 4) is 5.75 Å². The Bertz CT molecular complexity index is 1330. The normalized spacial score (nSPS) is 20.2. The number of halogens is 3. The number of carbonyl (C=O) groups is 1. The number of nitrogens with one attached hydrogen (secondary N) is 1. The molecule has 37 heavy (non-hydrogen) atoms. The number of rotatable bonds is 9. The molecule has 4 rings (SSSR count). The number of fused-ring (bicyclic) bond motifs is 1. The first-order valence-corrected chi connectivity index (χ1v) is 11.9. The maximum Gasteiger partial charge on any atom is 0.306 e. The highest BCUT2D eigenvalue weighted by atomic mass is 19.1. The third-order valence-electron chi connectivity index (χ3n) is 6.24. The highest BCUT2D eigenvalue weighted by molar-refractivity contribution is 5.89. The van der Waals surface area contributed by atoms with Crippen molar-refractivity contribution >= 4 is 29.0 Å². The Balaban J connectivity index is 1.43. The van der Waals surface area contributed by atoms with Gasteiger partial charge < -0.3 is 19.9 Å². The van der Waals surface area contributed by atoms with Crippen LogP contribution in [0.4, 0.5) is 13.2 Å². The summed E-state index contributed by atoms with van der Waals surface area (Å²) in [6, 6.07) is 8.16. The molecule has 0 saturated carbocycles. The zero-order chi connectivity index (χ0) is 26.4. The Kier molecular flexibility index (Phi) is 8.58. The van der Waals surface area contributed by atoms with Crippen LogP contribution in [0.2, 0.25) is 0 Å². The summed E-state index contributed by atoms with van der Waals surface area (Å²) in [5.41, 5.74) is 1.09. The van der Waals surface area contributed by atoms with E-state index in [2.05, 4.69) is 10.3 Å². The standard InChI is InChI=1S/C28H27F3N2O4/c1-36-20-7-10-25-22(14-20)21(24(31)16-33-25)8-5-19-6-11-26(27(37-19)15-28(34)35)32-12-2-3-17-13-18(29)4-9-23(17)30/h2-5,7-10,13-14,16,19,26-27,32H,6,11-12,15H2,1H3,(H,34,35)/t19-,26-,27-/m1/s1. The second-order valence-electron chi connectivity index (χ2n) is 8.73. The number of hydrogen-bond acceptors (Lipinski definition) is 5. The van der Waals surface area contributed by atoms with Crippen LogP contribution in [0.25, 0.3) is 23.1 Å². The summed E-state index contributed by atoms with van der Waals surface area (Å²) in [6.45, 7) is 0.316. The van der Waals surface area contributed by atoms with Gasteiger partial charge in [-0.3, -0.25) is 9.78 Å². The lowest BCUT2D eigenvalue weighted by Crippen LogP contribution is -2.47. The van der Waals surface area contributed by atoms with Crippen LogP contribution in [0, 0.1) is 17.5 Å². The third-order valence-corrected chi connectivity index (χ3v) is 6.24. The molecule has 0 bridgehead atoms. The largest absolute Gasteiger partial charge is 0.497 e. The van der Waals surface area contributed by atoms with E-state index in [4.69, 9.17) is 9.47 Å². The molecule has 1 aromatic heterocycles. The summed E-state index contributed by atoms with van der Waals surface area (Å²) in [5, 5.41) is 13.2.